The Balaban J connectivity index is 1.21. The van der Waals surface area contributed by atoms with E-state index in [1.165, 1.54) is 4.90 Å². The van der Waals surface area contributed by atoms with E-state index in [1.54, 1.807) is 7.05 Å². The summed E-state index contributed by atoms with van der Waals surface area (Å²) in [5.41, 5.74) is 0. The number of likely N-dealkylation sites (N-methyl/N-ethyl adjacent to an activating group) is 1. The van der Waals surface area contributed by atoms with Crippen molar-refractivity contribution in [3.63, 3.8) is 0 Å². The topological polar surface area (TPSA) is 80.3 Å². The first kappa shape index (κ1) is 20.3. The summed E-state index contributed by atoms with van der Waals surface area (Å²) >= 11 is 0. The van der Waals surface area contributed by atoms with Crippen LogP contribution in [0, 0.1) is 23.7 Å². The molecular weight excluding hydrogens is 368 g/mol. The molecule has 0 aromatic rings. The molecule has 1 saturated carbocycles. The van der Waals surface area contributed by atoms with Crippen LogP contribution in [0.25, 0.3) is 0 Å². The summed E-state index contributed by atoms with van der Waals surface area (Å²) < 4.78 is 0. The second kappa shape index (κ2) is 8.44. The molecule has 2 saturated heterocycles. The van der Waals surface area contributed by atoms with Crippen LogP contribution in [0.15, 0.2) is 17.1 Å². The molecule has 2 amide bonds. The van der Waals surface area contributed by atoms with Gasteiger partial charge < -0.3 is 15.5 Å². The van der Waals surface area contributed by atoms with Gasteiger partial charge in [0.15, 0.2) is 5.96 Å². The number of nitrogens with one attached hydrogen (secondary N) is 2. The molecule has 2 aliphatic heterocycles. The standard InChI is InChI=1S/C21H34N6O2/c1-14(26-10-8-25(3)9-11-26)13-24-21(22-2)23-6-7-27-19(28)17-15-4-5-16(12-15)18(17)20(27)29/h4-5,14-18H,6-13H2,1-3H3,(H2,22,23,24). The van der Waals surface area contributed by atoms with Gasteiger partial charge in [-0.3, -0.25) is 24.4 Å². The smallest absolute Gasteiger partial charge is 0.233 e. The molecule has 29 heavy (non-hydrogen) atoms. The quantitative estimate of drug-likeness (QED) is 0.272. The molecule has 0 spiro atoms. The number of rotatable bonds is 6. The number of carbonyl (C=O) groups excluding carboxylic acids is 2. The van der Waals surface area contributed by atoms with Gasteiger partial charge in [-0.05, 0) is 32.2 Å². The van der Waals surface area contributed by atoms with Crippen molar-refractivity contribution >= 4 is 17.8 Å². The van der Waals surface area contributed by atoms with E-state index < -0.39 is 0 Å². The van der Waals surface area contributed by atoms with E-state index in [-0.39, 0.29) is 35.5 Å². The number of imide groups is 1. The van der Waals surface area contributed by atoms with Gasteiger partial charge in [-0.15, -0.1) is 0 Å². The zero-order valence-corrected chi connectivity index (χ0v) is 17.8. The number of carbonyl (C=O) groups is 2. The molecule has 4 aliphatic rings. The van der Waals surface area contributed by atoms with Crippen LogP contribution in [0.4, 0.5) is 0 Å². The number of hydrogen-bond acceptors (Lipinski definition) is 5. The minimum Gasteiger partial charge on any atom is -0.355 e. The Labute approximate surface area is 173 Å². The van der Waals surface area contributed by atoms with Crippen molar-refractivity contribution in [2.45, 2.75) is 19.4 Å². The first-order valence-corrected chi connectivity index (χ1v) is 10.9. The van der Waals surface area contributed by atoms with E-state index in [0.717, 1.165) is 39.1 Å². The largest absolute Gasteiger partial charge is 0.355 e. The van der Waals surface area contributed by atoms with Crippen LogP contribution in [0.3, 0.4) is 0 Å². The molecular formula is C21H34N6O2. The zero-order valence-electron chi connectivity index (χ0n) is 17.8. The number of likely N-dealkylation sites (tertiary alicyclic amines) is 1. The Morgan fingerprint density at radius 2 is 1.72 bits per heavy atom. The van der Waals surface area contributed by atoms with E-state index in [1.807, 2.05) is 0 Å². The van der Waals surface area contributed by atoms with Gasteiger partial charge in [0.05, 0.1) is 11.8 Å². The average Bonchev–Trinajstić information content (AvgIpc) is 3.40. The van der Waals surface area contributed by atoms with Crippen LogP contribution >= 0.6 is 0 Å². The molecule has 0 aromatic heterocycles. The normalized spacial score (nSPS) is 33.5. The summed E-state index contributed by atoms with van der Waals surface area (Å²) in [6, 6.07) is 0.423. The second-order valence-electron chi connectivity index (χ2n) is 8.90. The van der Waals surface area contributed by atoms with Gasteiger partial charge in [-0.25, -0.2) is 0 Å². The maximum Gasteiger partial charge on any atom is 0.233 e. The van der Waals surface area contributed by atoms with E-state index >= 15 is 0 Å². The molecule has 2 heterocycles. The van der Waals surface area contributed by atoms with Gasteiger partial charge in [0.1, 0.15) is 0 Å². The minimum atomic E-state index is -0.112. The van der Waals surface area contributed by atoms with Gasteiger partial charge in [-0.2, -0.15) is 0 Å². The van der Waals surface area contributed by atoms with Crippen molar-refractivity contribution in [3.8, 4) is 0 Å². The summed E-state index contributed by atoms with van der Waals surface area (Å²) in [6.45, 7) is 8.34. The fourth-order valence-corrected chi connectivity index (χ4v) is 5.33. The first-order valence-electron chi connectivity index (χ1n) is 10.9. The third kappa shape index (κ3) is 3.92. The Hall–Kier alpha value is -1.93. The highest BCUT2D eigenvalue weighted by Crippen LogP contribution is 2.52. The van der Waals surface area contributed by atoms with E-state index in [9.17, 15) is 9.59 Å². The molecule has 3 fully saturated rings. The number of nitrogens with zero attached hydrogens (tertiary/aromatic N) is 4. The summed E-state index contributed by atoms with van der Waals surface area (Å²) in [5, 5.41) is 6.63. The van der Waals surface area contributed by atoms with Crippen molar-refractivity contribution in [2.75, 3.05) is 59.9 Å². The van der Waals surface area contributed by atoms with Crippen molar-refractivity contribution in [3.05, 3.63) is 12.2 Å². The van der Waals surface area contributed by atoms with Crippen molar-refractivity contribution in [1.82, 2.24) is 25.3 Å². The number of aliphatic imine (C=N–C) groups is 1. The van der Waals surface area contributed by atoms with Crippen LogP contribution in [0.5, 0.6) is 0 Å². The van der Waals surface area contributed by atoms with E-state index in [0.29, 0.717) is 25.1 Å². The fraction of sp³-hybridized carbons (Fsp3) is 0.762. The third-order valence-corrected chi connectivity index (χ3v) is 7.14. The molecule has 0 aromatic carbocycles. The monoisotopic (exact) mass is 402 g/mol. The molecule has 8 nitrogen and oxygen atoms in total. The average molecular weight is 403 g/mol. The van der Waals surface area contributed by atoms with Crippen LogP contribution < -0.4 is 10.6 Å². The summed E-state index contributed by atoms with van der Waals surface area (Å²) in [5.74, 6) is 1.07. The van der Waals surface area contributed by atoms with E-state index in [4.69, 9.17) is 0 Å². The molecule has 5 atom stereocenters. The molecule has 2 N–H and O–H groups in total. The lowest BCUT2D eigenvalue weighted by Crippen LogP contribution is -2.52. The number of allylic oxidation sites excluding steroid dienone is 2. The maximum absolute atomic E-state index is 12.7. The molecule has 5 unspecified atom stereocenters. The van der Waals surface area contributed by atoms with Gasteiger partial charge in [0.2, 0.25) is 11.8 Å². The first-order chi connectivity index (χ1) is 14.0. The molecule has 2 bridgehead atoms. The van der Waals surface area contributed by atoms with Gasteiger partial charge in [-0.1, -0.05) is 12.2 Å². The Morgan fingerprint density at radius 1 is 1.10 bits per heavy atom. The molecule has 8 heteroatoms. The highest BCUT2D eigenvalue weighted by atomic mass is 16.2. The highest BCUT2D eigenvalue weighted by molar-refractivity contribution is 6.06. The van der Waals surface area contributed by atoms with Crippen LogP contribution in [0.2, 0.25) is 0 Å². The van der Waals surface area contributed by atoms with Crippen molar-refractivity contribution in [2.24, 2.45) is 28.7 Å². The summed E-state index contributed by atoms with van der Waals surface area (Å²) in [4.78, 5) is 36.1. The van der Waals surface area contributed by atoms with Crippen LogP contribution in [0.1, 0.15) is 13.3 Å². The minimum absolute atomic E-state index is 0.0188. The summed E-state index contributed by atoms with van der Waals surface area (Å²) in [6.07, 6.45) is 5.24. The van der Waals surface area contributed by atoms with Crippen LogP contribution in [-0.4, -0.2) is 98.4 Å². The Kier molecular flexibility index (Phi) is 5.92. The number of guanidine groups is 1. The maximum atomic E-state index is 12.7. The number of amides is 2. The second-order valence-corrected chi connectivity index (χ2v) is 8.90. The van der Waals surface area contributed by atoms with E-state index in [2.05, 4.69) is 51.5 Å². The lowest BCUT2D eigenvalue weighted by Gasteiger charge is -2.36. The fourth-order valence-electron chi connectivity index (χ4n) is 5.33. The molecule has 0 radical (unpaired) electrons. The lowest BCUT2D eigenvalue weighted by atomic mass is 9.85. The highest BCUT2D eigenvalue weighted by Gasteiger charge is 2.58. The Bertz CT molecular complexity index is 669. The van der Waals surface area contributed by atoms with Gasteiger partial charge >= 0.3 is 0 Å². The van der Waals surface area contributed by atoms with Crippen molar-refractivity contribution in [1.29, 1.82) is 0 Å². The number of piperazine rings is 1. The Morgan fingerprint density at radius 3 is 2.31 bits per heavy atom. The molecule has 4 rings (SSSR count). The van der Waals surface area contributed by atoms with Crippen LogP contribution in [-0.2, 0) is 9.59 Å². The van der Waals surface area contributed by atoms with Gasteiger partial charge in [0.25, 0.3) is 0 Å². The summed E-state index contributed by atoms with van der Waals surface area (Å²) in [7, 11) is 3.91. The lowest BCUT2D eigenvalue weighted by molar-refractivity contribution is -0.140. The molecule has 160 valence electrons. The van der Waals surface area contributed by atoms with Crippen molar-refractivity contribution < 1.29 is 9.59 Å². The van der Waals surface area contributed by atoms with Gasteiger partial charge in [0, 0.05) is 58.9 Å². The number of hydrogen-bond donors (Lipinski definition) is 2. The predicted molar refractivity (Wildman–Crippen MR) is 112 cm³/mol. The number of fused-ring (bicyclic) bond motifs is 5. The molecule has 2 aliphatic carbocycles. The SMILES string of the molecule is CN=C(NCCN1C(=O)C2C3C=CC(C3)C2C1=O)NCC(C)N1CCN(C)CC1. The third-order valence-electron chi connectivity index (χ3n) is 7.14. The predicted octanol–water partition coefficient (Wildman–Crippen LogP) is -0.406. The zero-order chi connectivity index (χ0) is 20.5.